The van der Waals surface area contributed by atoms with Gasteiger partial charge >= 0.3 is 0 Å². The first-order valence-corrected chi connectivity index (χ1v) is 6.28. The highest BCUT2D eigenvalue weighted by molar-refractivity contribution is 7.13. The summed E-state index contributed by atoms with van der Waals surface area (Å²) in [5.41, 5.74) is 12.7. The fourth-order valence-corrected chi connectivity index (χ4v) is 2.08. The van der Waals surface area contributed by atoms with E-state index >= 15 is 0 Å². The summed E-state index contributed by atoms with van der Waals surface area (Å²) in [5, 5.41) is 4.62. The lowest BCUT2D eigenvalue weighted by Gasteiger charge is -2.08. The van der Waals surface area contributed by atoms with Crippen molar-refractivity contribution in [3.05, 3.63) is 40.4 Å². The highest BCUT2D eigenvalue weighted by Gasteiger charge is 2.12. The van der Waals surface area contributed by atoms with Gasteiger partial charge in [0.05, 0.1) is 0 Å². The van der Waals surface area contributed by atoms with Crippen molar-refractivity contribution in [1.82, 2.24) is 4.98 Å². The van der Waals surface area contributed by atoms with Gasteiger partial charge in [-0.25, -0.2) is 4.98 Å². The van der Waals surface area contributed by atoms with Crippen molar-refractivity contribution in [3.63, 3.8) is 0 Å². The standard InChI is InChI=1S/C12H12N4O2S/c1-6-4-7(10(13)17)2-3-8(6)15-11(18)9-5-19-12(14)16-9/h2-5H,1H3,(H2,13,17)(H2,14,16)(H,15,18). The lowest BCUT2D eigenvalue weighted by Crippen LogP contribution is -2.15. The molecule has 98 valence electrons. The molecule has 2 rings (SSSR count). The summed E-state index contributed by atoms with van der Waals surface area (Å²) >= 11 is 1.20. The van der Waals surface area contributed by atoms with E-state index in [1.54, 1.807) is 30.5 Å². The Kier molecular flexibility index (Phi) is 3.48. The van der Waals surface area contributed by atoms with Crippen LogP contribution in [0.4, 0.5) is 10.8 Å². The summed E-state index contributed by atoms with van der Waals surface area (Å²) in [6.45, 7) is 1.78. The number of nitrogens with two attached hydrogens (primary N) is 2. The molecule has 1 heterocycles. The number of anilines is 2. The number of aryl methyl sites for hydroxylation is 1. The molecule has 5 N–H and O–H groups in total. The number of hydrogen-bond donors (Lipinski definition) is 3. The molecule has 6 nitrogen and oxygen atoms in total. The van der Waals surface area contributed by atoms with E-state index in [0.717, 1.165) is 5.56 Å². The molecule has 2 aromatic rings. The van der Waals surface area contributed by atoms with Gasteiger partial charge in [-0.3, -0.25) is 9.59 Å². The maximum absolute atomic E-state index is 11.9. The first-order valence-electron chi connectivity index (χ1n) is 5.40. The number of nitrogens with one attached hydrogen (secondary N) is 1. The van der Waals surface area contributed by atoms with Crippen molar-refractivity contribution in [3.8, 4) is 0 Å². The topological polar surface area (TPSA) is 111 Å². The molecular formula is C12H12N4O2S. The van der Waals surface area contributed by atoms with Gasteiger partial charge < -0.3 is 16.8 Å². The van der Waals surface area contributed by atoms with Gasteiger partial charge in [-0.2, -0.15) is 0 Å². The minimum Gasteiger partial charge on any atom is -0.375 e. The van der Waals surface area contributed by atoms with Crippen LogP contribution in [0.2, 0.25) is 0 Å². The highest BCUT2D eigenvalue weighted by atomic mass is 32.1. The van der Waals surface area contributed by atoms with Crippen LogP contribution in [0.15, 0.2) is 23.6 Å². The van der Waals surface area contributed by atoms with Gasteiger partial charge in [-0.05, 0) is 30.7 Å². The van der Waals surface area contributed by atoms with Gasteiger partial charge in [0.25, 0.3) is 5.91 Å². The third-order valence-electron chi connectivity index (χ3n) is 2.51. The number of aromatic nitrogens is 1. The van der Waals surface area contributed by atoms with E-state index in [2.05, 4.69) is 10.3 Å². The average Bonchev–Trinajstić information content (AvgIpc) is 2.78. The van der Waals surface area contributed by atoms with E-state index < -0.39 is 5.91 Å². The normalized spacial score (nSPS) is 10.2. The Morgan fingerprint density at radius 1 is 1.37 bits per heavy atom. The Labute approximate surface area is 113 Å². The third kappa shape index (κ3) is 2.89. The molecular weight excluding hydrogens is 264 g/mol. The molecule has 2 amide bonds. The third-order valence-corrected chi connectivity index (χ3v) is 3.19. The van der Waals surface area contributed by atoms with E-state index in [-0.39, 0.29) is 11.6 Å². The van der Waals surface area contributed by atoms with E-state index in [9.17, 15) is 9.59 Å². The first kappa shape index (κ1) is 13.0. The number of primary amides is 1. The smallest absolute Gasteiger partial charge is 0.275 e. The molecule has 0 spiro atoms. The summed E-state index contributed by atoms with van der Waals surface area (Å²) in [5.74, 6) is -0.851. The predicted molar refractivity (Wildman–Crippen MR) is 74.2 cm³/mol. The number of benzene rings is 1. The minimum atomic E-state index is -0.506. The van der Waals surface area contributed by atoms with Crippen LogP contribution in [0.3, 0.4) is 0 Å². The van der Waals surface area contributed by atoms with Crippen LogP contribution in [0.25, 0.3) is 0 Å². The molecule has 0 radical (unpaired) electrons. The van der Waals surface area contributed by atoms with Crippen molar-refractivity contribution in [2.75, 3.05) is 11.1 Å². The molecule has 1 aromatic carbocycles. The maximum atomic E-state index is 11.9. The quantitative estimate of drug-likeness (QED) is 0.786. The molecule has 0 aliphatic heterocycles. The number of rotatable bonds is 3. The van der Waals surface area contributed by atoms with E-state index in [1.165, 1.54) is 11.3 Å². The van der Waals surface area contributed by atoms with Crippen molar-refractivity contribution < 1.29 is 9.59 Å². The maximum Gasteiger partial charge on any atom is 0.275 e. The van der Waals surface area contributed by atoms with Crippen LogP contribution >= 0.6 is 11.3 Å². The van der Waals surface area contributed by atoms with Gasteiger partial charge in [0.2, 0.25) is 5.91 Å². The lowest BCUT2D eigenvalue weighted by molar-refractivity contribution is 0.0998. The van der Waals surface area contributed by atoms with Crippen LogP contribution < -0.4 is 16.8 Å². The fraction of sp³-hybridized carbons (Fsp3) is 0.0833. The van der Waals surface area contributed by atoms with Gasteiger partial charge in [-0.1, -0.05) is 0 Å². The van der Waals surface area contributed by atoms with Crippen molar-refractivity contribution in [2.24, 2.45) is 5.73 Å². The molecule has 19 heavy (non-hydrogen) atoms. The Hall–Kier alpha value is -2.41. The Bertz CT molecular complexity index is 651. The van der Waals surface area contributed by atoms with Gasteiger partial charge in [0.15, 0.2) is 5.13 Å². The number of hydrogen-bond acceptors (Lipinski definition) is 5. The predicted octanol–water partition coefficient (Wildman–Crippen LogP) is 1.38. The second-order valence-corrected chi connectivity index (χ2v) is 4.81. The lowest BCUT2D eigenvalue weighted by atomic mass is 10.1. The number of carbonyl (C=O) groups excluding carboxylic acids is 2. The van der Waals surface area contributed by atoms with Gasteiger partial charge in [0.1, 0.15) is 5.69 Å². The summed E-state index contributed by atoms with van der Waals surface area (Å²) in [4.78, 5) is 26.8. The first-order chi connectivity index (χ1) is 8.97. The highest BCUT2D eigenvalue weighted by Crippen LogP contribution is 2.18. The van der Waals surface area contributed by atoms with Crippen molar-refractivity contribution in [2.45, 2.75) is 6.92 Å². The zero-order chi connectivity index (χ0) is 14.0. The van der Waals surface area contributed by atoms with Gasteiger partial charge in [0, 0.05) is 16.6 Å². The molecule has 0 saturated heterocycles. The molecule has 1 aromatic heterocycles. The Balaban J connectivity index is 2.20. The average molecular weight is 276 g/mol. The zero-order valence-electron chi connectivity index (χ0n) is 10.1. The number of nitrogens with zero attached hydrogens (tertiary/aromatic N) is 1. The SMILES string of the molecule is Cc1cc(C(N)=O)ccc1NC(=O)c1csc(N)n1. The second kappa shape index (κ2) is 5.07. The van der Waals surface area contributed by atoms with E-state index in [4.69, 9.17) is 11.5 Å². The molecule has 0 aliphatic rings. The second-order valence-electron chi connectivity index (χ2n) is 3.92. The molecule has 0 aliphatic carbocycles. The van der Waals surface area contributed by atoms with Crippen LogP contribution in [0.1, 0.15) is 26.4 Å². The molecule has 0 bridgehead atoms. The van der Waals surface area contributed by atoms with Crippen LogP contribution in [0.5, 0.6) is 0 Å². The monoisotopic (exact) mass is 276 g/mol. The van der Waals surface area contributed by atoms with Crippen LogP contribution in [-0.4, -0.2) is 16.8 Å². The molecule has 0 saturated carbocycles. The van der Waals surface area contributed by atoms with E-state index in [0.29, 0.717) is 16.4 Å². The van der Waals surface area contributed by atoms with Crippen molar-refractivity contribution in [1.29, 1.82) is 0 Å². The van der Waals surface area contributed by atoms with E-state index in [1.807, 2.05) is 0 Å². The molecule has 0 fully saturated rings. The number of thiazole rings is 1. The minimum absolute atomic E-state index is 0.265. The van der Waals surface area contributed by atoms with Crippen LogP contribution in [-0.2, 0) is 0 Å². The molecule has 0 atom stereocenters. The fourth-order valence-electron chi connectivity index (χ4n) is 1.54. The zero-order valence-corrected chi connectivity index (χ0v) is 11.0. The van der Waals surface area contributed by atoms with Gasteiger partial charge in [-0.15, -0.1) is 11.3 Å². The summed E-state index contributed by atoms with van der Waals surface area (Å²) < 4.78 is 0. The summed E-state index contributed by atoms with van der Waals surface area (Å²) in [6.07, 6.45) is 0. The largest absolute Gasteiger partial charge is 0.375 e. The van der Waals surface area contributed by atoms with Crippen molar-refractivity contribution >= 4 is 34.0 Å². The van der Waals surface area contributed by atoms with Crippen LogP contribution in [0, 0.1) is 6.92 Å². The number of nitrogen functional groups attached to an aromatic ring is 1. The summed E-state index contributed by atoms with van der Waals surface area (Å²) in [7, 11) is 0. The molecule has 0 unspecified atom stereocenters. The molecule has 7 heteroatoms. The number of carbonyl (C=O) groups is 2. The summed E-state index contributed by atoms with van der Waals surface area (Å²) in [6, 6.07) is 4.80. The Morgan fingerprint density at radius 3 is 2.63 bits per heavy atom. The Morgan fingerprint density at radius 2 is 2.11 bits per heavy atom. The number of amides is 2.